The molecule has 0 radical (unpaired) electrons. The normalized spacial score (nSPS) is 11.5. The molecule has 0 atom stereocenters. The number of anilines is 1. The fourth-order valence-electron chi connectivity index (χ4n) is 2.22. The smallest absolute Gasteiger partial charge is 0.418 e. The largest absolute Gasteiger partial charge is 0.461 e. The molecule has 6 nitrogen and oxygen atoms in total. The van der Waals surface area contributed by atoms with Gasteiger partial charge in [0, 0.05) is 7.05 Å². The minimum Gasteiger partial charge on any atom is -0.461 e. The highest BCUT2D eigenvalue weighted by Crippen LogP contribution is 2.34. The average molecular weight is 382 g/mol. The number of halogens is 3. The van der Waals surface area contributed by atoms with Crippen LogP contribution in [0.3, 0.4) is 0 Å². The molecular formula is C16H13F3N4O2S. The fraction of sp³-hybridized carbons (Fsp3) is 0.188. The number of nitrogens with zero attached hydrogens (tertiary/aromatic N) is 3. The topological polar surface area (TPSA) is 73.0 Å². The molecule has 1 amide bonds. The first kappa shape index (κ1) is 18.1. The summed E-state index contributed by atoms with van der Waals surface area (Å²) < 4.78 is 45.7. The van der Waals surface area contributed by atoms with E-state index in [1.807, 2.05) is 0 Å². The van der Waals surface area contributed by atoms with Gasteiger partial charge in [-0.05, 0) is 24.3 Å². The van der Waals surface area contributed by atoms with Crippen LogP contribution in [0.2, 0.25) is 0 Å². The molecule has 0 saturated carbocycles. The second-order valence-corrected chi connectivity index (χ2v) is 6.17. The van der Waals surface area contributed by atoms with Gasteiger partial charge < -0.3 is 14.3 Å². The Morgan fingerprint density at radius 1 is 1.23 bits per heavy atom. The number of nitrogens with one attached hydrogen (secondary N) is 1. The first-order valence-corrected chi connectivity index (χ1v) is 8.37. The van der Waals surface area contributed by atoms with Crippen LogP contribution in [-0.4, -0.2) is 26.4 Å². The predicted octanol–water partition coefficient (Wildman–Crippen LogP) is 3.82. The van der Waals surface area contributed by atoms with E-state index in [0.717, 1.165) is 17.8 Å². The molecule has 0 aliphatic rings. The van der Waals surface area contributed by atoms with Gasteiger partial charge in [-0.2, -0.15) is 13.2 Å². The minimum absolute atomic E-state index is 0.115. The van der Waals surface area contributed by atoms with Crippen molar-refractivity contribution in [2.75, 3.05) is 11.1 Å². The molecule has 2 heterocycles. The van der Waals surface area contributed by atoms with Gasteiger partial charge in [0.25, 0.3) is 0 Å². The molecule has 3 rings (SSSR count). The van der Waals surface area contributed by atoms with Crippen molar-refractivity contribution < 1.29 is 22.4 Å². The summed E-state index contributed by atoms with van der Waals surface area (Å²) in [5, 5.41) is 10.7. The lowest BCUT2D eigenvalue weighted by molar-refractivity contribution is -0.137. The molecule has 0 unspecified atom stereocenters. The zero-order valence-corrected chi connectivity index (χ0v) is 14.3. The highest BCUT2D eigenvalue weighted by molar-refractivity contribution is 7.99. The molecule has 26 heavy (non-hydrogen) atoms. The summed E-state index contributed by atoms with van der Waals surface area (Å²) in [5.41, 5.74) is -1.17. The van der Waals surface area contributed by atoms with Crippen LogP contribution in [-0.2, 0) is 18.0 Å². The third-order valence-corrected chi connectivity index (χ3v) is 4.44. The van der Waals surface area contributed by atoms with Crippen molar-refractivity contribution in [3.63, 3.8) is 0 Å². The van der Waals surface area contributed by atoms with E-state index in [-0.39, 0.29) is 11.4 Å². The van der Waals surface area contributed by atoms with Gasteiger partial charge in [-0.25, -0.2) is 0 Å². The van der Waals surface area contributed by atoms with Crippen LogP contribution in [0, 0.1) is 0 Å². The first-order chi connectivity index (χ1) is 12.4. The third-order valence-electron chi connectivity index (χ3n) is 3.42. The van der Waals surface area contributed by atoms with Gasteiger partial charge in [-0.15, -0.1) is 10.2 Å². The van der Waals surface area contributed by atoms with Gasteiger partial charge >= 0.3 is 6.18 Å². The van der Waals surface area contributed by atoms with Gasteiger partial charge in [0.1, 0.15) is 0 Å². The molecule has 3 aromatic rings. The number of hydrogen-bond donors (Lipinski definition) is 1. The van der Waals surface area contributed by atoms with E-state index in [9.17, 15) is 18.0 Å². The van der Waals surface area contributed by atoms with Crippen molar-refractivity contribution in [1.82, 2.24) is 14.8 Å². The Morgan fingerprint density at radius 2 is 2.00 bits per heavy atom. The fourth-order valence-corrected chi connectivity index (χ4v) is 2.93. The molecular weight excluding hydrogens is 369 g/mol. The van der Waals surface area contributed by atoms with E-state index >= 15 is 0 Å². The van der Waals surface area contributed by atoms with E-state index in [4.69, 9.17) is 4.42 Å². The second kappa shape index (κ2) is 7.24. The van der Waals surface area contributed by atoms with Crippen LogP contribution >= 0.6 is 11.8 Å². The molecule has 0 saturated heterocycles. The number of rotatable bonds is 5. The maximum absolute atomic E-state index is 13.0. The molecule has 136 valence electrons. The van der Waals surface area contributed by atoms with E-state index in [1.165, 1.54) is 24.5 Å². The zero-order chi connectivity index (χ0) is 18.7. The molecule has 0 spiro atoms. The summed E-state index contributed by atoms with van der Waals surface area (Å²) in [6, 6.07) is 8.25. The maximum Gasteiger partial charge on any atom is 0.418 e. The molecule has 1 N–H and O–H groups in total. The number of furan rings is 1. The lowest BCUT2D eigenvalue weighted by Gasteiger charge is -2.13. The quantitative estimate of drug-likeness (QED) is 0.679. The highest BCUT2D eigenvalue weighted by Gasteiger charge is 2.33. The summed E-state index contributed by atoms with van der Waals surface area (Å²) >= 11 is 1.06. The van der Waals surface area contributed by atoms with Gasteiger partial charge in [-0.1, -0.05) is 23.9 Å². The van der Waals surface area contributed by atoms with Crippen molar-refractivity contribution in [3.8, 4) is 11.6 Å². The zero-order valence-electron chi connectivity index (χ0n) is 13.4. The SMILES string of the molecule is Cn1c(SCC(=O)Nc2ccccc2C(F)(F)F)nnc1-c1ccco1. The Hall–Kier alpha value is -2.75. The number of alkyl halides is 3. The third kappa shape index (κ3) is 3.90. The van der Waals surface area contributed by atoms with Crippen LogP contribution in [0.15, 0.2) is 52.2 Å². The molecule has 0 aliphatic carbocycles. The lowest BCUT2D eigenvalue weighted by Crippen LogP contribution is -2.18. The van der Waals surface area contributed by atoms with Crippen molar-refractivity contribution in [2.45, 2.75) is 11.3 Å². The number of carbonyl (C=O) groups is 1. The Kier molecular flexibility index (Phi) is 5.03. The van der Waals surface area contributed by atoms with Gasteiger partial charge in [0.15, 0.2) is 16.7 Å². The number of para-hydroxylation sites is 1. The molecule has 0 aliphatic heterocycles. The van der Waals surface area contributed by atoms with E-state index in [1.54, 1.807) is 23.7 Å². The maximum atomic E-state index is 13.0. The molecule has 0 bridgehead atoms. The average Bonchev–Trinajstić information content (AvgIpc) is 3.22. The van der Waals surface area contributed by atoms with Crippen LogP contribution in [0.1, 0.15) is 5.56 Å². The van der Waals surface area contributed by atoms with Gasteiger partial charge in [-0.3, -0.25) is 4.79 Å². The first-order valence-electron chi connectivity index (χ1n) is 7.38. The number of benzene rings is 1. The Labute approximate surface area is 150 Å². The molecule has 0 fully saturated rings. The van der Waals surface area contributed by atoms with E-state index < -0.39 is 17.6 Å². The number of aromatic nitrogens is 3. The Bertz CT molecular complexity index is 907. The van der Waals surface area contributed by atoms with Crippen molar-refractivity contribution in [3.05, 3.63) is 48.2 Å². The number of thioether (sulfide) groups is 1. The van der Waals surface area contributed by atoms with Crippen LogP contribution in [0.25, 0.3) is 11.6 Å². The van der Waals surface area contributed by atoms with E-state index in [2.05, 4.69) is 15.5 Å². The van der Waals surface area contributed by atoms with Crippen molar-refractivity contribution in [2.24, 2.45) is 7.05 Å². The van der Waals surface area contributed by atoms with Gasteiger partial charge in [0.2, 0.25) is 5.91 Å². The van der Waals surface area contributed by atoms with Crippen LogP contribution in [0.5, 0.6) is 0 Å². The molecule has 1 aromatic carbocycles. The highest BCUT2D eigenvalue weighted by atomic mass is 32.2. The molecule has 10 heteroatoms. The standard InChI is InChI=1S/C16H13F3N4O2S/c1-23-14(12-7-4-8-25-12)21-22-15(23)26-9-13(24)20-11-6-3-2-5-10(11)16(17,18)19/h2-8H,9H2,1H3,(H,20,24). The second-order valence-electron chi connectivity index (χ2n) is 5.22. The summed E-state index contributed by atoms with van der Waals surface area (Å²) in [6.45, 7) is 0. The van der Waals surface area contributed by atoms with Crippen molar-refractivity contribution in [1.29, 1.82) is 0 Å². The number of hydrogen-bond acceptors (Lipinski definition) is 5. The number of amides is 1. The monoisotopic (exact) mass is 382 g/mol. The minimum atomic E-state index is -4.54. The number of carbonyl (C=O) groups excluding carboxylic acids is 1. The van der Waals surface area contributed by atoms with E-state index in [0.29, 0.717) is 16.7 Å². The Balaban J connectivity index is 1.66. The summed E-state index contributed by atoms with van der Waals surface area (Å²) in [6.07, 6.45) is -3.04. The lowest BCUT2D eigenvalue weighted by atomic mass is 10.1. The van der Waals surface area contributed by atoms with Crippen LogP contribution in [0.4, 0.5) is 18.9 Å². The summed E-state index contributed by atoms with van der Waals surface area (Å²) in [7, 11) is 1.71. The Morgan fingerprint density at radius 3 is 2.69 bits per heavy atom. The summed E-state index contributed by atoms with van der Waals surface area (Å²) in [4.78, 5) is 12.0. The van der Waals surface area contributed by atoms with Crippen molar-refractivity contribution >= 4 is 23.4 Å². The van der Waals surface area contributed by atoms with Gasteiger partial charge in [0.05, 0.1) is 23.3 Å². The van der Waals surface area contributed by atoms with Crippen LogP contribution < -0.4 is 5.32 Å². The molecule has 2 aromatic heterocycles. The summed E-state index contributed by atoms with van der Waals surface area (Å²) in [5.74, 6) is 0.320. The predicted molar refractivity (Wildman–Crippen MR) is 89.5 cm³/mol.